The highest BCUT2D eigenvalue weighted by atomic mass is 16.3. The summed E-state index contributed by atoms with van der Waals surface area (Å²) in [6, 6.07) is 0. The molecule has 1 aromatic heterocycles. The second-order valence-corrected chi connectivity index (χ2v) is 5.88. The van der Waals surface area contributed by atoms with Gasteiger partial charge in [-0.1, -0.05) is 15.3 Å². The van der Waals surface area contributed by atoms with E-state index in [2.05, 4.69) is 30.1 Å². The summed E-state index contributed by atoms with van der Waals surface area (Å²) in [7, 11) is 0. The van der Waals surface area contributed by atoms with E-state index in [-0.39, 0.29) is 0 Å². The van der Waals surface area contributed by atoms with Crippen LogP contribution in [0.25, 0.3) is 31.3 Å². The Hall–Kier alpha value is -3.78. The van der Waals surface area contributed by atoms with Gasteiger partial charge in [0.25, 0.3) is 0 Å². The Morgan fingerprint density at radius 3 is 1.07 bits per heavy atom. The van der Waals surface area contributed by atoms with Crippen molar-refractivity contribution in [3.63, 3.8) is 0 Å². The molecule has 30 heavy (non-hydrogen) atoms. The van der Waals surface area contributed by atoms with Gasteiger partial charge in [-0.25, -0.2) is 28.1 Å². The Morgan fingerprint density at radius 1 is 0.633 bits per heavy atom. The van der Waals surface area contributed by atoms with Crippen LogP contribution < -0.4 is 17.1 Å². The molecule has 0 radical (unpaired) electrons. The lowest BCUT2D eigenvalue weighted by Gasteiger charge is -2.18. The lowest BCUT2D eigenvalue weighted by Crippen LogP contribution is -2.57. The van der Waals surface area contributed by atoms with Crippen molar-refractivity contribution in [3.8, 4) is 0 Å². The first-order valence-corrected chi connectivity index (χ1v) is 8.28. The summed E-state index contributed by atoms with van der Waals surface area (Å²) in [6.07, 6.45) is -4.36. The Kier molecular flexibility index (Phi) is 9.64. The molecule has 3 atom stereocenters. The molecule has 162 valence electrons. The minimum absolute atomic E-state index is 0.458. The molecule has 0 aliphatic rings. The topological polar surface area (TPSA) is 273 Å². The third kappa shape index (κ3) is 6.68. The monoisotopic (exact) mass is 426 g/mol. The average Bonchev–Trinajstić information content (AvgIpc) is 2.72. The highest BCUT2D eigenvalue weighted by molar-refractivity contribution is 4.83. The minimum Gasteiger partial charge on any atom is -0.391 e. The molecular weight excluding hydrogens is 408 g/mol. The van der Waals surface area contributed by atoms with E-state index in [9.17, 15) is 29.7 Å². The maximum Gasteiger partial charge on any atom is 0.336 e. The van der Waals surface area contributed by atoms with Crippen LogP contribution in [0, 0.1) is 0 Å². The lowest BCUT2D eigenvalue weighted by molar-refractivity contribution is 0.136. The van der Waals surface area contributed by atoms with Gasteiger partial charge in [-0.15, -0.1) is 0 Å². The van der Waals surface area contributed by atoms with Gasteiger partial charge in [-0.05, 0) is 16.6 Å². The Balaban J connectivity index is 3.50. The van der Waals surface area contributed by atoms with Crippen LogP contribution in [-0.2, 0) is 19.6 Å². The fourth-order valence-corrected chi connectivity index (χ4v) is 2.35. The second-order valence-electron chi connectivity index (χ2n) is 5.88. The van der Waals surface area contributed by atoms with Crippen molar-refractivity contribution in [2.24, 2.45) is 15.3 Å². The average molecular weight is 426 g/mol. The van der Waals surface area contributed by atoms with Gasteiger partial charge in [-0.3, -0.25) is 0 Å². The van der Waals surface area contributed by atoms with Crippen molar-refractivity contribution >= 4 is 0 Å². The molecule has 0 fully saturated rings. The molecule has 0 spiro atoms. The SMILES string of the molecule is [N-]=[N+]=NCC(O)Cn1c(=O)n(CC(O)CN=[N+]=[N-])c(=O)n(CC(O)CN=[N+]=[N-])c1=O. The summed E-state index contributed by atoms with van der Waals surface area (Å²) in [5, 5.41) is 38.9. The van der Waals surface area contributed by atoms with Crippen LogP contribution in [0.15, 0.2) is 29.7 Å². The quantitative estimate of drug-likeness (QED) is 0.196. The molecule has 3 N–H and O–H groups in total. The second kappa shape index (κ2) is 11.9. The lowest BCUT2D eigenvalue weighted by atomic mass is 10.3. The summed E-state index contributed by atoms with van der Waals surface area (Å²) >= 11 is 0. The fraction of sp³-hybridized carbons (Fsp3) is 0.750. The standard InChI is InChI=1S/C12H18N12O6/c13-19-16-1-7(25)4-22-10(28)23(5-8(26)2-17-20-14)12(30)24(11(22)29)6-9(27)3-18-21-15/h7-9,25-27H,1-6H2. The molecule has 18 nitrogen and oxygen atoms in total. The largest absolute Gasteiger partial charge is 0.391 e. The number of aliphatic hydroxyl groups excluding tert-OH is 3. The number of hydrogen-bond donors (Lipinski definition) is 3. The zero-order valence-corrected chi connectivity index (χ0v) is 15.4. The molecule has 0 amide bonds. The Morgan fingerprint density at radius 2 is 0.867 bits per heavy atom. The van der Waals surface area contributed by atoms with Gasteiger partial charge >= 0.3 is 17.1 Å². The van der Waals surface area contributed by atoms with E-state index in [4.69, 9.17) is 16.6 Å². The minimum atomic E-state index is -1.45. The van der Waals surface area contributed by atoms with Crippen molar-refractivity contribution in [2.75, 3.05) is 19.6 Å². The molecular formula is C12H18N12O6. The first-order chi connectivity index (χ1) is 14.3. The van der Waals surface area contributed by atoms with Gasteiger partial charge in [0.15, 0.2) is 0 Å². The highest BCUT2D eigenvalue weighted by Gasteiger charge is 2.21. The summed E-state index contributed by atoms with van der Waals surface area (Å²) in [5.41, 5.74) is 21.3. The number of aliphatic hydroxyl groups is 3. The Bertz CT molecular complexity index is 891. The number of hydrogen-bond acceptors (Lipinski definition) is 9. The zero-order chi connectivity index (χ0) is 22.7. The summed E-state index contributed by atoms with van der Waals surface area (Å²) in [4.78, 5) is 45.1. The number of rotatable bonds is 12. The maximum atomic E-state index is 12.6. The van der Waals surface area contributed by atoms with Gasteiger partial charge in [0.1, 0.15) is 0 Å². The van der Waals surface area contributed by atoms with E-state index >= 15 is 0 Å². The number of azide groups is 3. The molecule has 0 aromatic carbocycles. The normalized spacial score (nSPS) is 13.3. The van der Waals surface area contributed by atoms with E-state index < -0.39 is 74.6 Å². The van der Waals surface area contributed by atoms with E-state index in [0.29, 0.717) is 13.7 Å². The third-order valence-corrected chi connectivity index (χ3v) is 3.63. The van der Waals surface area contributed by atoms with E-state index in [1.807, 2.05) is 0 Å². The van der Waals surface area contributed by atoms with Crippen molar-refractivity contribution in [2.45, 2.75) is 37.9 Å². The zero-order valence-electron chi connectivity index (χ0n) is 15.4. The van der Waals surface area contributed by atoms with Crippen LogP contribution in [-0.4, -0.2) is 67.0 Å². The van der Waals surface area contributed by atoms with Gasteiger partial charge in [0, 0.05) is 14.7 Å². The van der Waals surface area contributed by atoms with Crippen molar-refractivity contribution in [3.05, 3.63) is 62.8 Å². The molecule has 0 saturated carbocycles. The molecule has 1 rings (SSSR count). The van der Waals surface area contributed by atoms with Gasteiger partial charge in [0.05, 0.1) is 57.6 Å². The fourth-order valence-electron chi connectivity index (χ4n) is 2.35. The van der Waals surface area contributed by atoms with Gasteiger partial charge in [-0.2, -0.15) is 0 Å². The summed E-state index contributed by atoms with van der Waals surface area (Å²) < 4.78 is 1.37. The van der Waals surface area contributed by atoms with E-state index in [0.717, 1.165) is 0 Å². The van der Waals surface area contributed by atoms with Crippen LogP contribution >= 0.6 is 0 Å². The van der Waals surface area contributed by atoms with Crippen LogP contribution in [0.5, 0.6) is 0 Å². The van der Waals surface area contributed by atoms with Crippen LogP contribution in [0.4, 0.5) is 0 Å². The third-order valence-electron chi connectivity index (χ3n) is 3.63. The highest BCUT2D eigenvalue weighted by Crippen LogP contribution is 1.93. The first-order valence-electron chi connectivity index (χ1n) is 8.28. The van der Waals surface area contributed by atoms with E-state index in [1.54, 1.807) is 0 Å². The molecule has 0 aliphatic heterocycles. The molecule has 1 aromatic rings. The predicted molar refractivity (Wildman–Crippen MR) is 99.3 cm³/mol. The molecule has 1 heterocycles. The Labute approximate surface area is 165 Å². The van der Waals surface area contributed by atoms with Crippen LogP contribution in [0.3, 0.4) is 0 Å². The predicted octanol–water partition coefficient (Wildman–Crippen LogP) is -1.81. The van der Waals surface area contributed by atoms with Crippen molar-refractivity contribution in [1.82, 2.24) is 13.7 Å². The maximum absolute atomic E-state index is 12.6. The summed E-state index contributed by atoms with van der Waals surface area (Å²) in [6.45, 7) is -3.39. The number of aromatic nitrogens is 3. The first kappa shape index (κ1) is 24.3. The van der Waals surface area contributed by atoms with Gasteiger partial charge < -0.3 is 15.3 Å². The van der Waals surface area contributed by atoms with Gasteiger partial charge in [0.2, 0.25) is 0 Å². The number of nitrogens with zero attached hydrogens (tertiary/aromatic N) is 12. The van der Waals surface area contributed by atoms with Crippen molar-refractivity contribution in [1.29, 1.82) is 0 Å². The molecule has 0 saturated heterocycles. The molecule has 0 aliphatic carbocycles. The van der Waals surface area contributed by atoms with E-state index in [1.165, 1.54) is 0 Å². The van der Waals surface area contributed by atoms with Crippen molar-refractivity contribution < 1.29 is 15.3 Å². The molecule has 3 unspecified atom stereocenters. The summed E-state index contributed by atoms with van der Waals surface area (Å²) in [5.74, 6) is 0. The van der Waals surface area contributed by atoms with Crippen LogP contribution in [0.2, 0.25) is 0 Å². The molecule has 0 bridgehead atoms. The smallest absolute Gasteiger partial charge is 0.336 e. The van der Waals surface area contributed by atoms with Crippen LogP contribution in [0.1, 0.15) is 0 Å². The molecule has 18 heteroatoms.